The minimum atomic E-state index is -0.394. The fourth-order valence-electron chi connectivity index (χ4n) is 2.14. The Kier molecular flexibility index (Phi) is 5.25. The van der Waals surface area contributed by atoms with Gasteiger partial charge < -0.3 is 15.0 Å². The van der Waals surface area contributed by atoms with E-state index in [9.17, 15) is 4.79 Å². The summed E-state index contributed by atoms with van der Waals surface area (Å²) in [6.07, 6.45) is 3.29. The minimum absolute atomic E-state index is 0.161. The Morgan fingerprint density at radius 3 is 2.76 bits per heavy atom. The Labute approximate surface area is 105 Å². The van der Waals surface area contributed by atoms with Crippen LogP contribution in [-0.2, 0) is 4.74 Å². The van der Waals surface area contributed by atoms with Crippen molar-refractivity contribution in [2.75, 3.05) is 26.7 Å². The summed E-state index contributed by atoms with van der Waals surface area (Å²) in [5, 5.41) is 3.16. The van der Waals surface area contributed by atoms with E-state index in [0.717, 1.165) is 32.5 Å². The van der Waals surface area contributed by atoms with Crippen LogP contribution in [0.5, 0.6) is 0 Å². The maximum atomic E-state index is 11.9. The van der Waals surface area contributed by atoms with Crippen LogP contribution in [0.1, 0.15) is 40.0 Å². The van der Waals surface area contributed by atoms with Crippen LogP contribution in [0, 0.1) is 5.92 Å². The summed E-state index contributed by atoms with van der Waals surface area (Å²) < 4.78 is 5.40. The number of carbonyl (C=O) groups is 1. The second-order valence-corrected chi connectivity index (χ2v) is 5.83. The number of piperidine rings is 1. The molecular formula is C13H26N2O2. The van der Waals surface area contributed by atoms with E-state index in [1.165, 1.54) is 6.42 Å². The summed E-state index contributed by atoms with van der Waals surface area (Å²) in [5.41, 5.74) is -0.394. The third kappa shape index (κ3) is 5.39. The molecule has 1 N–H and O–H groups in total. The number of likely N-dealkylation sites (tertiary alicyclic amines) is 1. The second kappa shape index (κ2) is 6.24. The largest absolute Gasteiger partial charge is 0.444 e. The number of nitrogens with zero attached hydrogens (tertiary/aromatic N) is 1. The Hall–Kier alpha value is -0.770. The van der Waals surface area contributed by atoms with Gasteiger partial charge in [0.25, 0.3) is 0 Å². The molecule has 17 heavy (non-hydrogen) atoms. The molecule has 100 valence electrons. The van der Waals surface area contributed by atoms with Crippen LogP contribution in [0.4, 0.5) is 4.79 Å². The molecule has 1 aliphatic heterocycles. The Morgan fingerprint density at radius 2 is 2.18 bits per heavy atom. The number of carbonyl (C=O) groups excluding carboxylic acids is 1. The van der Waals surface area contributed by atoms with E-state index in [1.807, 2.05) is 32.7 Å². The van der Waals surface area contributed by atoms with Crippen LogP contribution in [0.15, 0.2) is 0 Å². The van der Waals surface area contributed by atoms with Gasteiger partial charge in [-0.1, -0.05) is 0 Å². The van der Waals surface area contributed by atoms with E-state index < -0.39 is 5.60 Å². The lowest BCUT2D eigenvalue weighted by atomic mass is 9.95. The van der Waals surface area contributed by atoms with Crippen molar-refractivity contribution in [2.24, 2.45) is 5.92 Å². The van der Waals surface area contributed by atoms with Crippen molar-refractivity contribution in [1.29, 1.82) is 0 Å². The standard InChI is InChI=1S/C13H26N2O2/c1-13(2,3)17-12(16)15-9-5-6-11(10-15)7-8-14-4/h11,14H,5-10H2,1-4H3/t11-/m1/s1. The van der Waals surface area contributed by atoms with Crippen LogP contribution in [-0.4, -0.2) is 43.3 Å². The van der Waals surface area contributed by atoms with Crippen molar-refractivity contribution in [3.05, 3.63) is 0 Å². The average molecular weight is 242 g/mol. The molecule has 1 atom stereocenters. The molecule has 0 spiro atoms. The van der Waals surface area contributed by atoms with Gasteiger partial charge in [-0.2, -0.15) is 0 Å². The summed E-state index contributed by atoms with van der Waals surface area (Å²) in [5.74, 6) is 0.615. The van der Waals surface area contributed by atoms with Gasteiger partial charge in [0, 0.05) is 13.1 Å². The fourth-order valence-corrected chi connectivity index (χ4v) is 2.14. The monoisotopic (exact) mass is 242 g/mol. The zero-order valence-electron chi connectivity index (χ0n) is 11.6. The topological polar surface area (TPSA) is 41.6 Å². The molecule has 4 heteroatoms. The highest BCUT2D eigenvalue weighted by molar-refractivity contribution is 5.68. The lowest BCUT2D eigenvalue weighted by Crippen LogP contribution is -2.43. The van der Waals surface area contributed by atoms with Crippen molar-refractivity contribution in [1.82, 2.24) is 10.2 Å². The summed E-state index contributed by atoms with van der Waals surface area (Å²) in [4.78, 5) is 13.8. The molecule has 0 unspecified atom stereocenters. The molecule has 0 aromatic carbocycles. The van der Waals surface area contributed by atoms with Gasteiger partial charge >= 0.3 is 6.09 Å². The molecule has 0 aromatic heterocycles. The van der Waals surface area contributed by atoms with Gasteiger partial charge in [0.05, 0.1) is 0 Å². The highest BCUT2D eigenvalue weighted by Crippen LogP contribution is 2.21. The van der Waals surface area contributed by atoms with Gasteiger partial charge in [-0.25, -0.2) is 4.79 Å². The van der Waals surface area contributed by atoms with Crippen molar-refractivity contribution in [2.45, 2.75) is 45.6 Å². The van der Waals surface area contributed by atoms with Crippen molar-refractivity contribution in [3.63, 3.8) is 0 Å². The molecule has 0 radical (unpaired) electrons. The molecule has 0 aromatic rings. The molecule has 1 heterocycles. The zero-order chi connectivity index (χ0) is 12.9. The number of rotatable bonds is 3. The summed E-state index contributed by atoms with van der Waals surface area (Å²) in [7, 11) is 1.97. The normalized spacial score (nSPS) is 21.4. The Bertz CT molecular complexity index is 248. The molecule has 0 bridgehead atoms. The van der Waals surface area contributed by atoms with Crippen LogP contribution in [0.25, 0.3) is 0 Å². The van der Waals surface area contributed by atoms with Crippen molar-refractivity contribution < 1.29 is 9.53 Å². The van der Waals surface area contributed by atoms with Crippen LogP contribution >= 0.6 is 0 Å². The van der Waals surface area contributed by atoms with E-state index in [-0.39, 0.29) is 6.09 Å². The van der Waals surface area contributed by atoms with E-state index in [2.05, 4.69) is 5.32 Å². The van der Waals surface area contributed by atoms with Gasteiger partial charge in [-0.3, -0.25) is 0 Å². The third-order valence-corrected chi connectivity index (χ3v) is 2.97. The molecule has 1 fully saturated rings. The molecule has 1 aliphatic rings. The van der Waals surface area contributed by atoms with Crippen molar-refractivity contribution in [3.8, 4) is 0 Å². The van der Waals surface area contributed by atoms with Crippen LogP contribution in [0.2, 0.25) is 0 Å². The van der Waals surface area contributed by atoms with Crippen LogP contribution < -0.4 is 5.32 Å². The molecule has 1 saturated heterocycles. The lowest BCUT2D eigenvalue weighted by Gasteiger charge is -2.34. The number of amides is 1. The smallest absolute Gasteiger partial charge is 0.410 e. The first-order valence-corrected chi connectivity index (χ1v) is 6.55. The SMILES string of the molecule is CNCC[C@H]1CCCN(C(=O)OC(C)(C)C)C1. The summed E-state index contributed by atoms with van der Waals surface area (Å²) in [6.45, 7) is 8.43. The maximum Gasteiger partial charge on any atom is 0.410 e. The van der Waals surface area contributed by atoms with Gasteiger partial charge in [-0.15, -0.1) is 0 Å². The average Bonchev–Trinajstić information content (AvgIpc) is 2.24. The zero-order valence-corrected chi connectivity index (χ0v) is 11.6. The van der Waals surface area contributed by atoms with E-state index >= 15 is 0 Å². The predicted molar refractivity (Wildman–Crippen MR) is 69.1 cm³/mol. The molecule has 1 amide bonds. The fraction of sp³-hybridized carbons (Fsp3) is 0.923. The Balaban J connectivity index is 2.40. The van der Waals surface area contributed by atoms with Crippen LogP contribution in [0.3, 0.4) is 0 Å². The van der Waals surface area contributed by atoms with Gasteiger partial charge in [0.1, 0.15) is 5.60 Å². The minimum Gasteiger partial charge on any atom is -0.444 e. The third-order valence-electron chi connectivity index (χ3n) is 2.97. The number of ether oxygens (including phenoxy) is 1. The summed E-state index contributed by atoms with van der Waals surface area (Å²) >= 11 is 0. The number of hydrogen-bond donors (Lipinski definition) is 1. The first-order chi connectivity index (χ1) is 7.92. The predicted octanol–water partition coefficient (Wildman–Crippen LogP) is 2.24. The van der Waals surface area contributed by atoms with Gasteiger partial charge in [0.15, 0.2) is 0 Å². The van der Waals surface area contributed by atoms with E-state index in [0.29, 0.717) is 5.92 Å². The highest BCUT2D eigenvalue weighted by atomic mass is 16.6. The molecule has 0 saturated carbocycles. The number of hydrogen-bond acceptors (Lipinski definition) is 3. The molecule has 1 rings (SSSR count). The highest BCUT2D eigenvalue weighted by Gasteiger charge is 2.27. The van der Waals surface area contributed by atoms with Crippen molar-refractivity contribution >= 4 is 6.09 Å². The molecule has 4 nitrogen and oxygen atoms in total. The lowest BCUT2D eigenvalue weighted by molar-refractivity contribution is 0.0162. The Morgan fingerprint density at radius 1 is 1.47 bits per heavy atom. The van der Waals surface area contributed by atoms with Gasteiger partial charge in [0.2, 0.25) is 0 Å². The van der Waals surface area contributed by atoms with E-state index in [4.69, 9.17) is 4.74 Å². The summed E-state index contributed by atoms with van der Waals surface area (Å²) in [6, 6.07) is 0. The number of nitrogens with one attached hydrogen (secondary N) is 1. The van der Waals surface area contributed by atoms with E-state index in [1.54, 1.807) is 0 Å². The maximum absolute atomic E-state index is 11.9. The van der Waals surface area contributed by atoms with Gasteiger partial charge in [-0.05, 0) is 59.5 Å². The first kappa shape index (κ1) is 14.3. The molecule has 0 aliphatic carbocycles. The first-order valence-electron chi connectivity index (χ1n) is 6.55. The second-order valence-electron chi connectivity index (χ2n) is 5.83. The quantitative estimate of drug-likeness (QED) is 0.825. The molecular weight excluding hydrogens is 216 g/mol.